The Labute approximate surface area is 165 Å². The van der Waals surface area contributed by atoms with Crippen molar-refractivity contribution in [3.05, 3.63) is 75.0 Å². The summed E-state index contributed by atoms with van der Waals surface area (Å²) in [5.74, 6) is 0.756. The van der Waals surface area contributed by atoms with E-state index in [4.69, 9.17) is 4.98 Å². The summed E-state index contributed by atoms with van der Waals surface area (Å²) in [5.41, 5.74) is 2.32. The molecule has 0 unspecified atom stereocenters. The largest absolute Gasteiger partial charge is 0.338 e. The van der Waals surface area contributed by atoms with Crippen molar-refractivity contribution in [2.75, 3.05) is 6.54 Å². The quantitative estimate of drug-likeness (QED) is 0.464. The summed E-state index contributed by atoms with van der Waals surface area (Å²) in [4.78, 5) is 22.4. The van der Waals surface area contributed by atoms with Crippen molar-refractivity contribution in [1.82, 2.24) is 9.97 Å². The SMILES string of the molecule is C[C@H]([NH2+]CCCc1ccccc1)c1nc2scc(-c3cccs3)c2c(=O)[nH]1. The fourth-order valence-electron chi connectivity index (χ4n) is 3.22. The van der Waals surface area contributed by atoms with E-state index >= 15 is 0 Å². The van der Waals surface area contributed by atoms with E-state index in [1.165, 1.54) is 5.56 Å². The standard InChI is InChI=1S/C21H21N3OS2/c1-14(22-11-5-9-15-7-3-2-4-8-15)19-23-20(25)18-16(13-27-21(18)24-19)17-10-6-12-26-17/h2-4,6-8,10,12-14,22H,5,9,11H2,1H3,(H,23,24,25)/p+1/t14-/m0/s1. The van der Waals surface area contributed by atoms with Gasteiger partial charge in [0.1, 0.15) is 10.9 Å². The Hall–Kier alpha value is -2.28. The number of benzene rings is 1. The van der Waals surface area contributed by atoms with Crippen LogP contribution in [0, 0.1) is 0 Å². The number of nitrogens with two attached hydrogens (primary N) is 1. The number of hydrogen-bond acceptors (Lipinski definition) is 4. The molecule has 3 heterocycles. The van der Waals surface area contributed by atoms with Crippen LogP contribution in [0.3, 0.4) is 0 Å². The molecule has 4 aromatic rings. The Morgan fingerprint density at radius 1 is 1.15 bits per heavy atom. The second kappa shape index (κ2) is 8.17. The van der Waals surface area contributed by atoms with Crippen LogP contribution in [0.25, 0.3) is 20.7 Å². The molecule has 0 aliphatic carbocycles. The number of aromatic nitrogens is 2. The molecule has 0 bridgehead atoms. The lowest BCUT2D eigenvalue weighted by atomic mass is 10.1. The minimum Gasteiger partial charge on any atom is -0.338 e. The number of nitrogens with one attached hydrogen (secondary N) is 1. The highest BCUT2D eigenvalue weighted by Crippen LogP contribution is 2.33. The molecule has 1 aromatic carbocycles. The van der Waals surface area contributed by atoms with Gasteiger partial charge in [0.15, 0.2) is 5.82 Å². The molecule has 0 aliphatic rings. The minimum atomic E-state index is -0.0378. The number of aryl methyl sites for hydroxylation is 1. The molecule has 4 nitrogen and oxygen atoms in total. The summed E-state index contributed by atoms with van der Waals surface area (Å²) >= 11 is 3.19. The highest BCUT2D eigenvalue weighted by atomic mass is 32.1. The van der Waals surface area contributed by atoms with Gasteiger partial charge in [-0.15, -0.1) is 22.7 Å². The lowest BCUT2D eigenvalue weighted by Crippen LogP contribution is -2.85. The fourth-order valence-corrected chi connectivity index (χ4v) is 4.99. The van der Waals surface area contributed by atoms with Gasteiger partial charge in [-0.2, -0.15) is 0 Å². The maximum atomic E-state index is 12.7. The number of thiophene rings is 2. The Bertz CT molecular complexity index is 1070. The van der Waals surface area contributed by atoms with Gasteiger partial charge in [-0.05, 0) is 30.4 Å². The predicted molar refractivity (Wildman–Crippen MR) is 114 cm³/mol. The van der Waals surface area contributed by atoms with Gasteiger partial charge in [-0.3, -0.25) is 4.79 Å². The van der Waals surface area contributed by atoms with Crippen molar-refractivity contribution in [2.24, 2.45) is 0 Å². The van der Waals surface area contributed by atoms with Crippen molar-refractivity contribution in [1.29, 1.82) is 0 Å². The molecular formula is C21H22N3OS2+. The van der Waals surface area contributed by atoms with Gasteiger partial charge in [0.25, 0.3) is 5.56 Å². The van der Waals surface area contributed by atoms with E-state index in [1.54, 1.807) is 22.7 Å². The zero-order valence-electron chi connectivity index (χ0n) is 15.1. The molecule has 27 heavy (non-hydrogen) atoms. The van der Waals surface area contributed by atoms with E-state index in [-0.39, 0.29) is 11.6 Å². The van der Waals surface area contributed by atoms with Crippen molar-refractivity contribution in [3.63, 3.8) is 0 Å². The number of quaternary nitrogens is 1. The number of nitrogens with zero attached hydrogens (tertiary/aromatic N) is 1. The van der Waals surface area contributed by atoms with Gasteiger partial charge in [-0.1, -0.05) is 36.4 Å². The average molecular weight is 397 g/mol. The topological polar surface area (TPSA) is 62.4 Å². The van der Waals surface area contributed by atoms with Gasteiger partial charge in [0, 0.05) is 22.2 Å². The van der Waals surface area contributed by atoms with Crippen LogP contribution in [0.15, 0.2) is 58.0 Å². The second-order valence-corrected chi connectivity index (χ2v) is 8.47. The third-order valence-corrected chi connectivity index (χ3v) is 6.49. The zero-order chi connectivity index (χ0) is 18.6. The Morgan fingerprint density at radius 3 is 2.78 bits per heavy atom. The molecule has 138 valence electrons. The van der Waals surface area contributed by atoms with Crippen LogP contribution >= 0.6 is 22.7 Å². The van der Waals surface area contributed by atoms with Crippen LogP contribution in [-0.2, 0) is 6.42 Å². The Balaban J connectivity index is 1.45. The fraction of sp³-hybridized carbons (Fsp3) is 0.238. The molecule has 3 aromatic heterocycles. The van der Waals surface area contributed by atoms with Crippen molar-refractivity contribution >= 4 is 32.9 Å². The maximum Gasteiger partial charge on any atom is 0.260 e. The van der Waals surface area contributed by atoms with Crippen molar-refractivity contribution < 1.29 is 5.32 Å². The number of aromatic amines is 1. The lowest BCUT2D eigenvalue weighted by Gasteiger charge is -2.10. The monoisotopic (exact) mass is 396 g/mol. The molecule has 6 heteroatoms. The lowest BCUT2D eigenvalue weighted by molar-refractivity contribution is -0.694. The van der Waals surface area contributed by atoms with Gasteiger partial charge < -0.3 is 10.3 Å². The van der Waals surface area contributed by atoms with Gasteiger partial charge in [0.2, 0.25) is 0 Å². The third kappa shape index (κ3) is 4.03. The first-order valence-electron chi connectivity index (χ1n) is 9.15. The first-order chi connectivity index (χ1) is 13.2. The van der Waals surface area contributed by atoms with Crippen LogP contribution < -0.4 is 10.9 Å². The summed E-state index contributed by atoms with van der Waals surface area (Å²) in [5, 5.41) is 7.03. The van der Waals surface area contributed by atoms with Crippen molar-refractivity contribution in [3.8, 4) is 10.4 Å². The average Bonchev–Trinajstić information content (AvgIpc) is 3.35. The van der Waals surface area contributed by atoms with Crippen LogP contribution in [0.1, 0.15) is 30.8 Å². The molecule has 3 N–H and O–H groups in total. The van der Waals surface area contributed by atoms with E-state index in [2.05, 4.69) is 41.5 Å². The summed E-state index contributed by atoms with van der Waals surface area (Å²) in [7, 11) is 0. The van der Waals surface area contributed by atoms with Crippen LogP contribution in [-0.4, -0.2) is 16.5 Å². The zero-order valence-corrected chi connectivity index (χ0v) is 16.8. The molecule has 0 aliphatic heterocycles. The second-order valence-electron chi connectivity index (χ2n) is 6.66. The van der Waals surface area contributed by atoms with Crippen LogP contribution in [0.4, 0.5) is 0 Å². The predicted octanol–water partition coefficient (Wildman–Crippen LogP) is 3.97. The van der Waals surface area contributed by atoms with Gasteiger partial charge in [0.05, 0.1) is 11.9 Å². The van der Waals surface area contributed by atoms with Crippen LogP contribution in [0.2, 0.25) is 0 Å². The minimum absolute atomic E-state index is 0.0378. The molecule has 0 fully saturated rings. The van der Waals surface area contributed by atoms with E-state index in [0.29, 0.717) is 5.39 Å². The summed E-state index contributed by atoms with van der Waals surface area (Å²) < 4.78 is 0. The maximum absolute atomic E-state index is 12.7. The summed E-state index contributed by atoms with van der Waals surface area (Å²) in [6, 6.07) is 14.7. The number of H-pyrrole nitrogens is 1. The van der Waals surface area contributed by atoms with E-state index in [9.17, 15) is 4.79 Å². The smallest absolute Gasteiger partial charge is 0.260 e. The number of fused-ring (bicyclic) bond motifs is 1. The molecule has 4 rings (SSSR count). The number of hydrogen-bond donors (Lipinski definition) is 2. The van der Waals surface area contributed by atoms with Crippen LogP contribution in [0.5, 0.6) is 0 Å². The molecule has 0 saturated carbocycles. The highest BCUT2D eigenvalue weighted by molar-refractivity contribution is 7.18. The Morgan fingerprint density at radius 2 is 2.00 bits per heavy atom. The number of rotatable bonds is 7. The van der Waals surface area contributed by atoms with E-state index in [1.807, 2.05) is 29.0 Å². The molecule has 0 amide bonds. The van der Waals surface area contributed by atoms with E-state index in [0.717, 1.165) is 40.5 Å². The highest BCUT2D eigenvalue weighted by Gasteiger charge is 2.17. The third-order valence-electron chi connectivity index (χ3n) is 4.71. The molecular weight excluding hydrogens is 374 g/mol. The Kier molecular flexibility index (Phi) is 5.48. The molecule has 1 atom stereocenters. The summed E-state index contributed by atoms with van der Waals surface area (Å²) in [6.07, 6.45) is 2.17. The van der Waals surface area contributed by atoms with Gasteiger partial charge >= 0.3 is 0 Å². The molecule has 0 spiro atoms. The van der Waals surface area contributed by atoms with E-state index < -0.39 is 0 Å². The van der Waals surface area contributed by atoms with Gasteiger partial charge in [-0.25, -0.2) is 4.98 Å². The first-order valence-corrected chi connectivity index (χ1v) is 10.9. The normalized spacial score (nSPS) is 12.5. The first kappa shape index (κ1) is 18.1. The molecule has 0 radical (unpaired) electrons. The van der Waals surface area contributed by atoms with Crippen molar-refractivity contribution in [2.45, 2.75) is 25.8 Å². The molecule has 0 saturated heterocycles. The summed E-state index contributed by atoms with van der Waals surface area (Å²) in [6.45, 7) is 3.10.